The molecule has 1 aromatic heterocycles. The van der Waals surface area contributed by atoms with E-state index in [9.17, 15) is 18.4 Å². The van der Waals surface area contributed by atoms with Gasteiger partial charge in [-0.25, -0.2) is 9.18 Å². The lowest BCUT2D eigenvalue weighted by molar-refractivity contribution is -0.0522. The predicted molar refractivity (Wildman–Crippen MR) is 149 cm³/mol. The van der Waals surface area contributed by atoms with Crippen LogP contribution in [-0.4, -0.2) is 78.4 Å². The predicted octanol–water partition coefficient (Wildman–Crippen LogP) is 4.82. The summed E-state index contributed by atoms with van der Waals surface area (Å²) in [5, 5.41) is 0. The van der Waals surface area contributed by atoms with Crippen molar-refractivity contribution in [1.29, 1.82) is 0 Å². The zero-order valence-corrected chi connectivity index (χ0v) is 23.9. The third kappa shape index (κ3) is 6.03. The van der Waals surface area contributed by atoms with Crippen molar-refractivity contribution in [2.75, 3.05) is 39.5 Å². The van der Waals surface area contributed by atoms with Gasteiger partial charge in [-0.2, -0.15) is 8.78 Å². The molecule has 0 N–H and O–H groups in total. The first kappa shape index (κ1) is 29.7. The molecule has 11 heteroatoms. The molecule has 8 nitrogen and oxygen atoms in total. The van der Waals surface area contributed by atoms with E-state index < -0.39 is 30.1 Å². The molecule has 0 saturated carbocycles. The number of benzene rings is 2. The van der Waals surface area contributed by atoms with Gasteiger partial charge < -0.3 is 23.7 Å². The second-order valence-corrected chi connectivity index (χ2v) is 10.5. The highest BCUT2D eigenvalue weighted by molar-refractivity contribution is 6.02. The molecular weight excluding hydrogens is 551 g/mol. The largest absolute Gasteiger partial charge is 0.462 e. The van der Waals surface area contributed by atoms with E-state index in [4.69, 9.17) is 9.47 Å². The summed E-state index contributed by atoms with van der Waals surface area (Å²) in [5.74, 6) is -2.78. The number of nitrogens with zero attached hydrogens (tertiary/aromatic N) is 3. The van der Waals surface area contributed by atoms with Crippen molar-refractivity contribution in [2.24, 2.45) is 7.05 Å². The molecular formula is C31H34F3N3O5. The van der Waals surface area contributed by atoms with E-state index in [1.54, 1.807) is 30.4 Å². The summed E-state index contributed by atoms with van der Waals surface area (Å²) in [6.07, 6.45) is 0.604. The van der Waals surface area contributed by atoms with Crippen LogP contribution in [0, 0.1) is 12.7 Å². The zero-order chi connectivity index (χ0) is 30.0. The average molecular weight is 586 g/mol. The topological polar surface area (TPSA) is 73.2 Å². The van der Waals surface area contributed by atoms with E-state index in [1.165, 1.54) is 6.07 Å². The molecule has 3 aromatic rings. The fourth-order valence-electron chi connectivity index (χ4n) is 5.73. The summed E-state index contributed by atoms with van der Waals surface area (Å²) in [5.41, 5.74) is 3.45. The van der Waals surface area contributed by atoms with Crippen molar-refractivity contribution in [3.05, 3.63) is 76.2 Å². The van der Waals surface area contributed by atoms with Crippen LogP contribution in [0.1, 0.15) is 44.5 Å². The minimum absolute atomic E-state index is 0.00517. The van der Waals surface area contributed by atoms with Crippen LogP contribution in [0.5, 0.6) is 5.75 Å². The Balaban J connectivity index is 1.61. The number of ether oxygens (including phenoxy) is 3. The monoisotopic (exact) mass is 585 g/mol. The summed E-state index contributed by atoms with van der Waals surface area (Å²) >= 11 is 0. The van der Waals surface area contributed by atoms with Gasteiger partial charge in [0.05, 0.1) is 30.9 Å². The average Bonchev–Trinajstić information content (AvgIpc) is 3.27. The van der Waals surface area contributed by atoms with Gasteiger partial charge in [0, 0.05) is 56.2 Å². The van der Waals surface area contributed by atoms with E-state index in [0.717, 1.165) is 36.3 Å². The number of halogens is 3. The van der Waals surface area contributed by atoms with Crippen molar-refractivity contribution in [3.63, 3.8) is 0 Å². The molecule has 0 unspecified atom stereocenters. The lowest BCUT2D eigenvalue weighted by atomic mass is 9.92. The molecule has 0 radical (unpaired) electrons. The van der Waals surface area contributed by atoms with Crippen LogP contribution in [-0.2, 0) is 29.5 Å². The quantitative estimate of drug-likeness (QED) is 0.353. The molecule has 1 atom stereocenters. The Bertz CT molecular complexity index is 1470. The van der Waals surface area contributed by atoms with Gasteiger partial charge >= 0.3 is 12.6 Å². The van der Waals surface area contributed by atoms with Gasteiger partial charge in [-0.05, 0) is 49.6 Å². The molecule has 1 fully saturated rings. The Morgan fingerprint density at radius 2 is 1.79 bits per heavy atom. The van der Waals surface area contributed by atoms with E-state index in [0.29, 0.717) is 44.1 Å². The summed E-state index contributed by atoms with van der Waals surface area (Å²) in [6.45, 7) is 3.84. The molecule has 0 aliphatic carbocycles. The summed E-state index contributed by atoms with van der Waals surface area (Å²) < 4.78 is 58.4. The first-order chi connectivity index (χ1) is 20.2. The van der Waals surface area contributed by atoms with Crippen LogP contribution in [0.25, 0.3) is 11.3 Å². The minimum atomic E-state index is -3.28. The first-order valence-electron chi connectivity index (χ1n) is 14.0. The fraction of sp³-hybridized carbons (Fsp3) is 0.419. The van der Waals surface area contributed by atoms with E-state index in [-0.39, 0.29) is 29.3 Å². The Morgan fingerprint density at radius 3 is 2.48 bits per heavy atom. The number of aromatic nitrogens is 1. The van der Waals surface area contributed by atoms with Gasteiger partial charge in [0.15, 0.2) is 11.6 Å². The lowest BCUT2D eigenvalue weighted by Gasteiger charge is -2.40. The highest BCUT2D eigenvalue weighted by Crippen LogP contribution is 2.36. The molecule has 2 aliphatic heterocycles. The molecule has 0 spiro atoms. The molecule has 3 heterocycles. The molecule has 224 valence electrons. The molecule has 0 bridgehead atoms. The number of amides is 1. The van der Waals surface area contributed by atoms with Crippen LogP contribution in [0.2, 0.25) is 0 Å². The van der Waals surface area contributed by atoms with Gasteiger partial charge in [0.1, 0.15) is 0 Å². The first-order valence-corrected chi connectivity index (χ1v) is 14.0. The standard InChI is InChI=1S/C31H34F3N3O5/c1-4-41-30(39)23-15-27(35(3)19(23)2)24-14-26(32)28(42-31(33)34)16-25(24)29(38)37-17-21-8-6-5-7-20(21)13-22(37)18-36-9-11-40-12-10-36/h5-8,14-16,22,31H,4,9-13,17-18H2,1-3H3/t22-/m0/s1. The van der Waals surface area contributed by atoms with Gasteiger partial charge in [-0.3, -0.25) is 9.69 Å². The highest BCUT2D eigenvalue weighted by Gasteiger charge is 2.34. The zero-order valence-electron chi connectivity index (χ0n) is 23.9. The van der Waals surface area contributed by atoms with Crippen molar-refractivity contribution in [1.82, 2.24) is 14.4 Å². The van der Waals surface area contributed by atoms with Gasteiger partial charge in [0.25, 0.3) is 5.91 Å². The second-order valence-electron chi connectivity index (χ2n) is 10.5. The van der Waals surface area contributed by atoms with E-state index in [2.05, 4.69) is 9.64 Å². The third-order valence-corrected chi connectivity index (χ3v) is 8.01. The van der Waals surface area contributed by atoms with Crippen LogP contribution < -0.4 is 4.74 Å². The maximum atomic E-state index is 15.2. The van der Waals surface area contributed by atoms with Crippen LogP contribution in [0.3, 0.4) is 0 Å². The molecule has 42 heavy (non-hydrogen) atoms. The molecule has 2 aromatic carbocycles. The third-order valence-electron chi connectivity index (χ3n) is 8.01. The number of carbonyl (C=O) groups is 2. The number of carbonyl (C=O) groups excluding carboxylic acids is 2. The number of alkyl halides is 2. The van der Waals surface area contributed by atoms with E-state index in [1.807, 2.05) is 24.3 Å². The molecule has 1 saturated heterocycles. The lowest BCUT2D eigenvalue weighted by Crippen LogP contribution is -2.52. The molecule has 2 aliphatic rings. The van der Waals surface area contributed by atoms with Gasteiger partial charge in [-0.15, -0.1) is 0 Å². The highest BCUT2D eigenvalue weighted by atomic mass is 19.3. The van der Waals surface area contributed by atoms with Crippen LogP contribution >= 0.6 is 0 Å². The Hall–Kier alpha value is -3.83. The Labute approximate surface area is 242 Å². The maximum Gasteiger partial charge on any atom is 0.387 e. The normalized spacial score (nSPS) is 17.3. The van der Waals surface area contributed by atoms with Crippen LogP contribution in [0.15, 0.2) is 42.5 Å². The summed E-state index contributed by atoms with van der Waals surface area (Å²) in [4.78, 5) is 31.0. The number of esters is 1. The smallest absolute Gasteiger partial charge is 0.387 e. The van der Waals surface area contributed by atoms with Crippen molar-refractivity contribution in [3.8, 4) is 17.0 Å². The number of hydrogen-bond acceptors (Lipinski definition) is 6. The number of morpholine rings is 1. The summed E-state index contributed by atoms with van der Waals surface area (Å²) in [7, 11) is 1.68. The Morgan fingerprint density at radius 1 is 1.07 bits per heavy atom. The number of hydrogen-bond donors (Lipinski definition) is 0. The van der Waals surface area contributed by atoms with Crippen molar-refractivity contribution in [2.45, 2.75) is 39.5 Å². The number of fused-ring (bicyclic) bond motifs is 1. The fourth-order valence-corrected chi connectivity index (χ4v) is 5.73. The summed E-state index contributed by atoms with van der Waals surface area (Å²) in [6, 6.07) is 11.2. The van der Waals surface area contributed by atoms with Gasteiger partial charge in [-0.1, -0.05) is 24.3 Å². The molecule has 5 rings (SSSR count). The van der Waals surface area contributed by atoms with Gasteiger partial charge in [0.2, 0.25) is 0 Å². The second kappa shape index (κ2) is 12.6. The SMILES string of the molecule is CCOC(=O)c1cc(-c2cc(F)c(OC(F)F)cc2C(=O)N2Cc3ccccc3C[C@H]2CN2CCOCC2)n(C)c1C. The molecule has 1 amide bonds. The van der Waals surface area contributed by atoms with Crippen LogP contribution in [0.4, 0.5) is 13.2 Å². The minimum Gasteiger partial charge on any atom is -0.462 e. The number of rotatable bonds is 8. The van der Waals surface area contributed by atoms with Crippen molar-refractivity contribution >= 4 is 11.9 Å². The maximum absolute atomic E-state index is 15.2. The Kier molecular flexibility index (Phi) is 8.88. The van der Waals surface area contributed by atoms with Crippen molar-refractivity contribution < 1.29 is 37.0 Å². The van der Waals surface area contributed by atoms with E-state index >= 15 is 4.39 Å².